The Balaban J connectivity index is 2.28. The Morgan fingerprint density at radius 2 is 1.74 bits per heavy atom. The van der Waals surface area contributed by atoms with Crippen LogP contribution in [0.1, 0.15) is 28.7 Å². The molecule has 0 fully saturated rings. The first-order valence-electron chi connectivity index (χ1n) is 7.17. The molecule has 114 valence electrons. The van der Waals surface area contributed by atoms with Gasteiger partial charge in [0.1, 0.15) is 11.2 Å². The third-order valence-corrected chi connectivity index (χ3v) is 3.51. The number of allylic oxidation sites excluding steroid dienone is 1. The van der Waals surface area contributed by atoms with Gasteiger partial charge in [0.05, 0.1) is 11.4 Å². The fraction of sp³-hybridized carbons (Fsp3) is 0.111. The van der Waals surface area contributed by atoms with Crippen LogP contribution in [0.2, 0.25) is 0 Å². The molecule has 0 aliphatic carbocycles. The summed E-state index contributed by atoms with van der Waals surface area (Å²) in [4.78, 5) is 24.7. The Labute approximate surface area is 133 Å². The molecule has 0 saturated heterocycles. The Morgan fingerprint density at radius 3 is 2.35 bits per heavy atom. The van der Waals surface area contributed by atoms with Gasteiger partial charge in [-0.1, -0.05) is 36.4 Å². The molecule has 2 aromatic heterocycles. The standard InChI is InChI=1S/C18H16N4O/c1-10(2)15-16(12-6-4-11(3)5-7-12)22-18-14(20-15)9-8-13(21-18)17(19)23/h4-9H,1H2,2-3H3,(H2,19,23). The first-order valence-corrected chi connectivity index (χ1v) is 7.17. The van der Waals surface area contributed by atoms with Gasteiger partial charge in [-0.15, -0.1) is 0 Å². The van der Waals surface area contributed by atoms with Crippen molar-refractivity contribution >= 4 is 22.6 Å². The largest absolute Gasteiger partial charge is 0.364 e. The van der Waals surface area contributed by atoms with Gasteiger partial charge in [0, 0.05) is 5.56 Å². The number of aromatic nitrogens is 3. The number of nitrogens with two attached hydrogens (primary N) is 1. The molecule has 23 heavy (non-hydrogen) atoms. The highest BCUT2D eigenvalue weighted by Crippen LogP contribution is 2.27. The van der Waals surface area contributed by atoms with E-state index < -0.39 is 5.91 Å². The monoisotopic (exact) mass is 304 g/mol. The maximum Gasteiger partial charge on any atom is 0.267 e. The van der Waals surface area contributed by atoms with Crippen LogP contribution in [0.4, 0.5) is 0 Å². The van der Waals surface area contributed by atoms with Gasteiger partial charge < -0.3 is 5.73 Å². The van der Waals surface area contributed by atoms with Crippen LogP contribution in [0.15, 0.2) is 43.0 Å². The summed E-state index contributed by atoms with van der Waals surface area (Å²) in [5.41, 5.74) is 10.8. The number of carbonyl (C=O) groups is 1. The number of nitrogens with zero attached hydrogens (tertiary/aromatic N) is 3. The molecule has 0 unspecified atom stereocenters. The molecule has 2 heterocycles. The topological polar surface area (TPSA) is 81.8 Å². The second-order valence-electron chi connectivity index (χ2n) is 5.47. The molecule has 0 radical (unpaired) electrons. The van der Waals surface area contributed by atoms with E-state index in [-0.39, 0.29) is 5.69 Å². The summed E-state index contributed by atoms with van der Waals surface area (Å²) in [7, 11) is 0. The van der Waals surface area contributed by atoms with E-state index >= 15 is 0 Å². The lowest BCUT2D eigenvalue weighted by Crippen LogP contribution is -2.13. The summed E-state index contributed by atoms with van der Waals surface area (Å²) in [6.07, 6.45) is 0. The van der Waals surface area contributed by atoms with E-state index in [0.717, 1.165) is 22.4 Å². The van der Waals surface area contributed by atoms with Gasteiger partial charge in [-0.25, -0.2) is 15.0 Å². The van der Waals surface area contributed by atoms with Crippen molar-refractivity contribution in [3.63, 3.8) is 0 Å². The van der Waals surface area contributed by atoms with Gasteiger partial charge in [-0.3, -0.25) is 4.79 Å². The highest BCUT2D eigenvalue weighted by atomic mass is 16.1. The first kappa shape index (κ1) is 14.8. The maximum absolute atomic E-state index is 11.3. The summed E-state index contributed by atoms with van der Waals surface area (Å²) in [6, 6.07) is 11.2. The number of pyridine rings is 1. The normalized spacial score (nSPS) is 10.7. The number of carbonyl (C=O) groups excluding carboxylic acids is 1. The summed E-state index contributed by atoms with van der Waals surface area (Å²) in [5, 5.41) is 0. The zero-order valence-corrected chi connectivity index (χ0v) is 13.0. The van der Waals surface area contributed by atoms with E-state index in [1.54, 1.807) is 12.1 Å². The number of hydrogen-bond donors (Lipinski definition) is 1. The van der Waals surface area contributed by atoms with Gasteiger partial charge in [-0.2, -0.15) is 0 Å². The van der Waals surface area contributed by atoms with Gasteiger partial charge in [0.25, 0.3) is 5.91 Å². The zero-order valence-electron chi connectivity index (χ0n) is 13.0. The predicted molar refractivity (Wildman–Crippen MR) is 90.7 cm³/mol. The predicted octanol–water partition coefficient (Wildman–Crippen LogP) is 3.13. The van der Waals surface area contributed by atoms with Gasteiger partial charge in [0.2, 0.25) is 0 Å². The Hall–Kier alpha value is -3.08. The molecule has 0 bridgehead atoms. The molecular weight excluding hydrogens is 288 g/mol. The number of amides is 1. The third-order valence-electron chi connectivity index (χ3n) is 3.51. The average molecular weight is 304 g/mol. The van der Waals surface area contributed by atoms with Crippen LogP contribution in [0.5, 0.6) is 0 Å². The second kappa shape index (κ2) is 5.61. The van der Waals surface area contributed by atoms with Crippen molar-refractivity contribution < 1.29 is 4.79 Å². The maximum atomic E-state index is 11.3. The summed E-state index contributed by atoms with van der Waals surface area (Å²) in [5.74, 6) is -0.588. The Morgan fingerprint density at radius 1 is 1.04 bits per heavy atom. The van der Waals surface area contributed by atoms with Crippen LogP contribution < -0.4 is 5.73 Å². The van der Waals surface area contributed by atoms with E-state index in [1.807, 2.05) is 38.1 Å². The van der Waals surface area contributed by atoms with E-state index in [0.29, 0.717) is 16.9 Å². The van der Waals surface area contributed by atoms with Crippen LogP contribution in [0.3, 0.4) is 0 Å². The molecular formula is C18H16N4O. The molecule has 5 nitrogen and oxygen atoms in total. The fourth-order valence-corrected chi connectivity index (χ4v) is 2.29. The lowest BCUT2D eigenvalue weighted by atomic mass is 10.0. The van der Waals surface area contributed by atoms with Crippen molar-refractivity contribution in [3.8, 4) is 11.3 Å². The van der Waals surface area contributed by atoms with Crippen molar-refractivity contribution in [1.82, 2.24) is 15.0 Å². The first-order chi connectivity index (χ1) is 11.0. The Bertz CT molecular complexity index is 930. The third kappa shape index (κ3) is 2.81. The number of primary amides is 1. The molecule has 1 aromatic carbocycles. The summed E-state index contributed by atoms with van der Waals surface area (Å²) >= 11 is 0. The van der Waals surface area contributed by atoms with Crippen molar-refractivity contribution in [2.24, 2.45) is 5.73 Å². The van der Waals surface area contributed by atoms with Gasteiger partial charge in [0.15, 0.2) is 5.65 Å². The Kier molecular flexibility index (Phi) is 3.62. The van der Waals surface area contributed by atoms with Crippen molar-refractivity contribution in [2.75, 3.05) is 0 Å². The number of fused-ring (bicyclic) bond motifs is 1. The number of hydrogen-bond acceptors (Lipinski definition) is 4. The fourth-order valence-electron chi connectivity index (χ4n) is 2.29. The van der Waals surface area contributed by atoms with Crippen LogP contribution in [-0.2, 0) is 0 Å². The average Bonchev–Trinajstić information content (AvgIpc) is 2.53. The van der Waals surface area contributed by atoms with Crippen molar-refractivity contribution in [3.05, 3.63) is 59.9 Å². The molecule has 0 atom stereocenters. The molecule has 0 spiro atoms. The van der Waals surface area contributed by atoms with Crippen molar-refractivity contribution in [2.45, 2.75) is 13.8 Å². The number of aryl methyl sites for hydroxylation is 1. The van der Waals surface area contributed by atoms with Crippen LogP contribution in [0.25, 0.3) is 28.0 Å². The van der Waals surface area contributed by atoms with Crippen LogP contribution in [-0.4, -0.2) is 20.9 Å². The number of benzene rings is 1. The molecule has 0 saturated carbocycles. The lowest BCUT2D eigenvalue weighted by molar-refractivity contribution is 0.0996. The van der Waals surface area contributed by atoms with Gasteiger partial charge >= 0.3 is 0 Å². The zero-order chi connectivity index (χ0) is 16.6. The van der Waals surface area contributed by atoms with Crippen molar-refractivity contribution in [1.29, 1.82) is 0 Å². The molecule has 3 rings (SSSR count). The quantitative estimate of drug-likeness (QED) is 0.806. The number of rotatable bonds is 3. The minimum Gasteiger partial charge on any atom is -0.364 e. The highest BCUT2D eigenvalue weighted by Gasteiger charge is 2.14. The minimum atomic E-state index is -0.588. The summed E-state index contributed by atoms with van der Waals surface area (Å²) < 4.78 is 0. The SMILES string of the molecule is C=C(C)c1nc2ccc(C(N)=O)nc2nc1-c1ccc(C)cc1. The van der Waals surface area contributed by atoms with Gasteiger partial charge in [-0.05, 0) is 31.6 Å². The second-order valence-corrected chi connectivity index (χ2v) is 5.47. The highest BCUT2D eigenvalue weighted by molar-refractivity contribution is 5.93. The molecule has 0 aliphatic rings. The molecule has 1 amide bonds. The van der Waals surface area contributed by atoms with E-state index in [2.05, 4.69) is 21.5 Å². The molecule has 0 aliphatic heterocycles. The van der Waals surface area contributed by atoms with E-state index in [9.17, 15) is 4.79 Å². The smallest absolute Gasteiger partial charge is 0.267 e. The lowest BCUT2D eigenvalue weighted by Gasteiger charge is -2.10. The minimum absolute atomic E-state index is 0.171. The van der Waals surface area contributed by atoms with Crippen LogP contribution >= 0.6 is 0 Å². The molecule has 5 heteroatoms. The van der Waals surface area contributed by atoms with E-state index in [4.69, 9.17) is 5.73 Å². The molecule has 2 N–H and O–H groups in total. The summed E-state index contributed by atoms with van der Waals surface area (Å²) in [6.45, 7) is 7.90. The van der Waals surface area contributed by atoms with E-state index in [1.165, 1.54) is 0 Å². The molecule has 3 aromatic rings. The van der Waals surface area contributed by atoms with Crippen LogP contribution in [0, 0.1) is 6.92 Å².